The van der Waals surface area contributed by atoms with E-state index in [1.165, 1.54) is 24.3 Å². The van der Waals surface area contributed by atoms with Gasteiger partial charge in [-0.1, -0.05) is 42.8 Å². The van der Waals surface area contributed by atoms with Gasteiger partial charge in [0.1, 0.15) is 17.9 Å². The number of nitrogens with one attached hydrogen (secondary N) is 1. The van der Waals surface area contributed by atoms with Crippen molar-refractivity contribution in [2.75, 3.05) is 32.7 Å². The van der Waals surface area contributed by atoms with Gasteiger partial charge in [-0.15, -0.1) is 0 Å². The molecule has 33 heavy (non-hydrogen) atoms. The predicted molar refractivity (Wildman–Crippen MR) is 122 cm³/mol. The minimum atomic E-state index is -1.29. The van der Waals surface area contributed by atoms with Gasteiger partial charge in [-0.3, -0.25) is 19.4 Å². The van der Waals surface area contributed by atoms with Crippen molar-refractivity contribution >= 4 is 29.4 Å². The molecule has 0 aromatic heterocycles. The molecule has 2 aromatic carbocycles. The van der Waals surface area contributed by atoms with Crippen molar-refractivity contribution in [2.24, 2.45) is 0 Å². The van der Waals surface area contributed by atoms with E-state index >= 15 is 0 Å². The SMILES string of the molecule is CCC1(c2ccc(F)cc2)NC(=O)N(CC(=O)N2CCN(Cc3cccc(Cl)c3)CC2)C1=O. The Morgan fingerprint density at radius 3 is 2.42 bits per heavy atom. The summed E-state index contributed by atoms with van der Waals surface area (Å²) in [6.07, 6.45) is 0.288. The molecule has 2 aliphatic rings. The third kappa shape index (κ3) is 4.72. The number of imide groups is 1. The zero-order chi connectivity index (χ0) is 23.6. The lowest BCUT2D eigenvalue weighted by Crippen LogP contribution is -2.51. The lowest BCUT2D eigenvalue weighted by molar-refractivity contribution is -0.140. The van der Waals surface area contributed by atoms with Gasteiger partial charge in [-0.2, -0.15) is 0 Å². The number of halogens is 2. The van der Waals surface area contributed by atoms with Gasteiger partial charge in [0.2, 0.25) is 5.91 Å². The maximum atomic E-state index is 13.4. The van der Waals surface area contributed by atoms with E-state index < -0.39 is 23.3 Å². The van der Waals surface area contributed by atoms with Crippen LogP contribution >= 0.6 is 11.6 Å². The first kappa shape index (κ1) is 23.2. The number of hydrogen-bond acceptors (Lipinski definition) is 4. The lowest BCUT2D eigenvalue weighted by atomic mass is 9.87. The topological polar surface area (TPSA) is 73.0 Å². The second-order valence-corrected chi connectivity index (χ2v) is 8.81. The monoisotopic (exact) mass is 472 g/mol. The first-order chi connectivity index (χ1) is 15.8. The first-order valence-corrected chi connectivity index (χ1v) is 11.3. The fourth-order valence-electron chi connectivity index (χ4n) is 4.43. The molecule has 1 N–H and O–H groups in total. The summed E-state index contributed by atoms with van der Waals surface area (Å²) in [5.74, 6) is -1.19. The Hall–Kier alpha value is -2.97. The van der Waals surface area contributed by atoms with Gasteiger partial charge in [-0.05, 0) is 41.8 Å². The Bertz CT molecular complexity index is 1060. The van der Waals surface area contributed by atoms with Gasteiger partial charge >= 0.3 is 6.03 Å². The highest BCUT2D eigenvalue weighted by atomic mass is 35.5. The molecule has 2 heterocycles. The van der Waals surface area contributed by atoms with Crippen LogP contribution in [0.15, 0.2) is 48.5 Å². The van der Waals surface area contributed by atoms with Crippen molar-refractivity contribution in [3.05, 3.63) is 70.5 Å². The average molecular weight is 473 g/mol. The number of nitrogens with zero attached hydrogens (tertiary/aromatic N) is 3. The molecule has 2 aliphatic heterocycles. The molecule has 0 bridgehead atoms. The van der Waals surface area contributed by atoms with Crippen LogP contribution in [-0.2, 0) is 21.7 Å². The van der Waals surface area contributed by atoms with Crippen LogP contribution < -0.4 is 5.32 Å². The number of benzene rings is 2. The van der Waals surface area contributed by atoms with Crippen LogP contribution in [0.4, 0.5) is 9.18 Å². The molecule has 0 spiro atoms. The second-order valence-electron chi connectivity index (χ2n) is 8.37. The highest BCUT2D eigenvalue weighted by Gasteiger charge is 2.51. The summed E-state index contributed by atoms with van der Waals surface area (Å²) < 4.78 is 13.4. The predicted octanol–water partition coefficient (Wildman–Crippen LogP) is 2.98. The Balaban J connectivity index is 1.37. The molecule has 9 heteroatoms. The molecular weight excluding hydrogens is 447 g/mol. The van der Waals surface area contributed by atoms with Gasteiger partial charge in [0.05, 0.1) is 0 Å². The average Bonchev–Trinajstić information content (AvgIpc) is 3.05. The molecule has 4 rings (SSSR count). The summed E-state index contributed by atoms with van der Waals surface area (Å²) in [6.45, 7) is 4.60. The molecule has 0 saturated carbocycles. The van der Waals surface area contributed by atoms with Crippen molar-refractivity contribution in [3.63, 3.8) is 0 Å². The minimum Gasteiger partial charge on any atom is -0.339 e. The van der Waals surface area contributed by atoms with E-state index in [2.05, 4.69) is 10.2 Å². The summed E-state index contributed by atoms with van der Waals surface area (Å²) in [6, 6.07) is 12.6. The second kappa shape index (κ2) is 9.49. The third-order valence-electron chi connectivity index (χ3n) is 6.36. The first-order valence-electron chi connectivity index (χ1n) is 11.0. The number of amides is 4. The number of piperazine rings is 1. The summed E-state index contributed by atoms with van der Waals surface area (Å²) in [5, 5.41) is 3.42. The van der Waals surface area contributed by atoms with E-state index in [-0.39, 0.29) is 18.9 Å². The molecule has 174 valence electrons. The van der Waals surface area contributed by atoms with Crippen LogP contribution in [0.3, 0.4) is 0 Å². The maximum Gasteiger partial charge on any atom is 0.325 e. The van der Waals surface area contributed by atoms with Crippen molar-refractivity contribution in [3.8, 4) is 0 Å². The number of rotatable bonds is 6. The van der Waals surface area contributed by atoms with E-state index in [4.69, 9.17) is 11.6 Å². The highest BCUT2D eigenvalue weighted by Crippen LogP contribution is 2.32. The molecule has 7 nitrogen and oxygen atoms in total. The van der Waals surface area contributed by atoms with E-state index in [9.17, 15) is 18.8 Å². The molecule has 2 fully saturated rings. The molecule has 0 aliphatic carbocycles. The van der Waals surface area contributed by atoms with Crippen LogP contribution in [-0.4, -0.2) is 65.3 Å². The Morgan fingerprint density at radius 2 is 1.79 bits per heavy atom. The molecule has 1 unspecified atom stereocenters. The van der Waals surface area contributed by atoms with Gasteiger partial charge in [0.25, 0.3) is 5.91 Å². The molecule has 2 aromatic rings. The molecule has 1 atom stereocenters. The largest absolute Gasteiger partial charge is 0.339 e. The van der Waals surface area contributed by atoms with Gasteiger partial charge in [0, 0.05) is 37.7 Å². The molecule has 2 saturated heterocycles. The molecule has 4 amide bonds. The van der Waals surface area contributed by atoms with Crippen LogP contribution in [0.2, 0.25) is 5.02 Å². The zero-order valence-electron chi connectivity index (χ0n) is 18.4. The van der Waals surface area contributed by atoms with Gasteiger partial charge < -0.3 is 10.2 Å². The summed E-state index contributed by atoms with van der Waals surface area (Å²) in [4.78, 5) is 43.6. The van der Waals surface area contributed by atoms with Crippen LogP contribution in [0.25, 0.3) is 0 Å². The van der Waals surface area contributed by atoms with E-state index in [0.717, 1.165) is 17.0 Å². The summed E-state index contributed by atoms with van der Waals surface area (Å²) in [7, 11) is 0. The lowest BCUT2D eigenvalue weighted by Gasteiger charge is -2.35. The highest BCUT2D eigenvalue weighted by molar-refractivity contribution is 6.30. The maximum absolute atomic E-state index is 13.4. The molecular formula is C24H26ClFN4O3. The van der Waals surface area contributed by atoms with E-state index in [1.54, 1.807) is 11.8 Å². The van der Waals surface area contributed by atoms with E-state index in [1.807, 2.05) is 24.3 Å². The van der Waals surface area contributed by atoms with Crippen molar-refractivity contribution < 1.29 is 18.8 Å². The third-order valence-corrected chi connectivity index (χ3v) is 6.59. The van der Waals surface area contributed by atoms with Gasteiger partial charge in [-0.25, -0.2) is 9.18 Å². The smallest absolute Gasteiger partial charge is 0.325 e. The fourth-order valence-corrected chi connectivity index (χ4v) is 4.64. The zero-order valence-corrected chi connectivity index (χ0v) is 19.1. The number of hydrogen-bond donors (Lipinski definition) is 1. The Labute approximate surface area is 197 Å². The van der Waals surface area contributed by atoms with Gasteiger partial charge in [0.15, 0.2) is 0 Å². The van der Waals surface area contributed by atoms with Crippen LogP contribution in [0.5, 0.6) is 0 Å². The van der Waals surface area contributed by atoms with Crippen molar-refractivity contribution in [1.82, 2.24) is 20.0 Å². The Kier molecular flexibility index (Phi) is 6.67. The minimum absolute atomic E-state index is 0.271. The quantitative estimate of drug-likeness (QED) is 0.656. The molecule has 0 radical (unpaired) electrons. The van der Waals surface area contributed by atoms with Crippen molar-refractivity contribution in [1.29, 1.82) is 0 Å². The Morgan fingerprint density at radius 1 is 1.09 bits per heavy atom. The summed E-state index contributed by atoms with van der Waals surface area (Å²) >= 11 is 6.06. The number of carbonyl (C=O) groups excluding carboxylic acids is 3. The summed E-state index contributed by atoms with van der Waals surface area (Å²) in [5.41, 5.74) is 0.313. The van der Waals surface area contributed by atoms with Crippen LogP contribution in [0.1, 0.15) is 24.5 Å². The standard InChI is InChI=1S/C24H26ClFN4O3/c1-2-24(18-6-8-20(26)9-7-18)22(32)30(23(33)27-24)16-21(31)29-12-10-28(11-13-29)15-17-4-3-5-19(25)14-17/h3-9,14H,2,10-13,15-16H2,1H3,(H,27,33). The number of urea groups is 1. The van der Waals surface area contributed by atoms with E-state index in [0.29, 0.717) is 36.8 Å². The van der Waals surface area contributed by atoms with Crippen molar-refractivity contribution in [2.45, 2.75) is 25.4 Å². The fraction of sp³-hybridized carbons (Fsp3) is 0.375. The number of carbonyl (C=O) groups is 3. The normalized spacial score (nSPS) is 21.4. The van der Waals surface area contributed by atoms with Crippen LogP contribution in [0, 0.1) is 5.82 Å².